The highest BCUT2D eigenvalue weighted by atomic mass is 79.9. The van der Waals surface area contributed by atoms with E-state index in [1.54, 1.807) is 12.4 Å². The molecule has 0 saturated carbocycles. The maximum absolute atomic E-state index is 5.55. The number of hydrogen-bond acceptors (Lipinski definition) is 3. The fraction of sp³-hybridized carbons (Fsp3) is 0.143. The molecular formula is C7H6BrN3. The van der Waals surface area contributed by atoms with Gasteiger partial charge in [0.05, 0.1) is 5.70 Å². The second-order valence-electron chi connectivity index (χ2n) is 2.39. The van der Waals surface area contributed by atoms with Crippen LogP contribution in [-0.2, 0) is 0 Å². The average Bonchev–Trinajstić information content (AvgIpc) is 2.33. The molecule has 2 aliphatic heterocycles. The van der Waals surface area contributed by atoms with Crippen LogP contribution in [0.3, 0.4) is 0 Å². The molecular weight excluding hydrogens is 206 g/mol. The molecule has 0 spiro atoms. The minimum absolute atomic E-state index is 0.0803. The van der Waals surface area contributed by atoms with E-state index in [-0.39, 0.29) is 6.04 Å². The molecule has 2 N–H and O–H groups in total. The number of dihydropyridines is 1. The Kier molecular flexibility index (Phi) is 1.42. The number of nitrogens with zero attached hydrogens (tertiary/aromatic N) is 2. The standard InChI is InChI=1S/C7H6BrN3/c8-7-5-1-4(9)2-10-6(5)3-11-7/h1-3,6H,9H2/t6-/m1/s1. The van der Waals surface area contributed by atoms with Crippen molar-refractivity contribution in [2.45, 2.75) is 6.04 Å². The highest BCUT2D eigenvalue weighted by molar-refractivity contribution is 9.11. The predicted octanol–water partition coefficient (Wildman–Crippen LogP) is 0.973. The van der Waals surface area contributed by atoms with E-state index in [0.29, 0.717) is 5.70 Å². The molecule has 0 amide bonds. The lowest BCUT2D eigenvalue weighted by Gasteiger charge is -2.08. The van der Waals surface area contributed by atoms with Gasteiger partial charge in [0, 0.05) is 18.0 Å². The third-order valence-corrected chi connectivity index (χ3v) is 2.25. The van der Waals surface area contributed by atoms with E-state index in [1.807, 2.05) is 6.08 Å². The summed E-state index contributed by atoms with van der Waals surface area (Å²) < 4.78 is 0.835. The summed E-state index contributed by atoms with van der Waals surface area (Å²) in [5.74, 6) is 0. The third-order valence-electron chi connectivity index (χ3n) is 1.59. The Morgan fingerprint density at radius 2 is 2.36 bits per heavy atom. The first-order valence-corrected chi connectivity index (χ1v) is 4.01. The van der Waals surface area contributed by atoms with E-state index in [0.717, 1.165) is 10.2 Å². The topological polar surface area (TPSA) is 50.7 Å². The summed E-state index contributed by atoms with van der Waals surface area (Å²) in [6.45, 7) is 0. The van der Waals surface area contributed by atoms with Crippen LogP contribution in [0.5, 0.6) is 0 Å². The van der Waals surface area contributed by atoms with Crippen molar-refractivity contribution < 1.29 is 0 Å². The largest absolute Gasteiger partial charge is 0.397 e. The monoisotopic (exact) mass is 211 g/mol. The summed E-state index contributed by atoms with van der Waals surface area (Å²) in [4.78, 5) is 8.24. The molecule has 0 aromatic rings. The van der Waals surface area contributed by atoms with Crippen molar-refractivity contribution in [3.63, 3.8) is 0 Å². The Bertz CT molecular complexity index is 312. The van der Waals surface area contributed by atoms with Gasteiger partial charge in [0.1, 0.15) is 10.6 Å². The van der Waals surface area contributed by atoms with Crippen LogP contribution >= 0.6 is 15.9 Å². The van der Waals surface area contributed by atoms with Crippen molar-refractivity contribution in [2.75, 3.05) is 0 Å². The Morgan fingerprint density at radius 3 is 3.18 bits per heavy atom. The summed E-state index contributed by atoms with van der Waals surface area (Å²) in [7, 11) is 0. The van der Waals surface area contributed by atoms with E-state index < -0.39 is 0 Å². The van der Waals surface area contributed by atoms with Gasteiger partial charge in [0.15, 0.2) is 0 Å². The van der Waals surface area contributed by atoms with Crippen molar-refractivity contribution in [3.05, 3.63) is 22.0 Å². The number of nitrogens with two attached hydrogens (primary N) is 1. The molecule has 2 aliphatic rings. The van der Waals surface area contributed by atoms with E-state index in [9.17, 15) is 0 Å². The van der Waals surface area contributed by atoms with Crippen molar-refractivity contribution in [1.82, 2.24) is 0 Å². The fourth-order valence-corrected chi connectivity index (χ4v) is 1.53. The SMILES string of the molecule is NC1=CC2=C(Br)N=C[C@H]2N=C1. The Labute approximate surface area is 72.5 Å². The molecule has 11 heavy (non-hydrogen) atoms. The lowest BCUT2D eigenvalue weighted by Crippen LogP contribution is -2.14. The van der Waals surface area contributed by atoms with Crippen LogP contribution in [-0.4, -0.2) is 18.5 Å². The molecule has 2 rings (SSSR count). The van der Waals surface area contributed by atoms with Crippen molar-refractivity contribution in [2.24, 2.45) is 15.7 Å². The van der Waals surface area contributed by atoms with Crippen LogP contribution in [0.4, 0.5) is 0 Å². The number of halogens is 1. The molecule has 2 heterocycles. The van der Waals surface area contributed by atoms with Crippen LogP contribution in [0.2, 0.25) is 0 Å². The molecule has 0 saturated heterocycles. The van der Waals surface area contributed by atoms with E-state index in [1.165, 1.54) is 0 Å². The minimum Gasteiger partial charge on any atom is -0.397 e. The molecule has 3 nitrogen and oxygen atoms in total. The van der Waals surface area contributed by atoms with Gasteiger partial charge in [-0.15, -0.1) is 0 Å². The number of allylic oxidation sites excluding steroid dienone is 1. The van der Waals surface area contributed by atoms with Crippen LogP contribution in [0.1, 0.15) is 0 Å². The van der Waals surface area contributed by atoms with Gasteiger partial charge in [-0.3, -0.25) is 9.98 Å². The Balaban J connectivity index is 2.46. The molecule has 0 radical (unpaired) electrons. The minimum atomic E-state index is 0.0803. The molecule has 4 heteroatoms. The quantitative estimate of drug-likeness (QED) is 0.597. The molecule has 0 fully saturated rings. The van der Waals surface area contributed by atoms with Gasteiger partial charge in [0.2, 0.25) is 0 Å². The molecule has 0 aliphatic carbocycles. The summed E-state index contributed by atoms with van der Waals surface area (Å²) in [6, 6.07) is 0.0803. The zero-order valence-corrected chi connectivity index (χ0v) is 7.25. The average molecular weight is 212 g/mol. The lowest BCUT2D eigenvalue weighted by atomic mass is 10.1. The van der Waals surface area contributed by atoms with Crippen LogP contribution < -0.4 is 5.73 Å². The van der Waals surface area contributed by atoms with Crippen LogP contribution in [0.25, 0.3) is 0 Å². The second-order valence-corrected chi connectivity index (χ2v) is 3.14. The zero-order valence-electron chi connectivity index (χ0n) is 5.66. The molecule has 0 aromatic heterocycles. The first kappa shape index (κ1) is 6.79. The smallest absolute Gasteiger partial charge is 0.113 e. The van der Waals surface area contributed by atoms with Crippen LogP contribution in [0.15, 0.2) is 31.9 Å². The summed E-state index contributed by atoms with van der Waals surface area (Å²) in [6.07, 6.45) is 5.33. The van der Waals surface area contributed by atoms with Crippen molar-refractivity contribution >= 4 is 28.4 Å². The first-order chi connectivity index (χ1) is 5.27. The van der Waals surface area contributed by atoms with Gasteiger partial charge >= 0.3 is 0 Å². The van der Waals surface area contributed by atoms with Gasteiger partial charge in [-0.2, -0.15) is 0 Å². The van der Waals surface area contributed by atoms with Gasteiger partial charge in [-0.05, 0) is 22.0 Å². The number of aliphatic imine (C=N–C) groups is 2. The molecule has 56 valence electrons. The zero-order chi connectivity index (χ0) is 7.84. The number of hydrogen-bond donors (Lipinski definition) is 1. The molecule has 0 bridgehead atoms. The normalized spacial score (nSPS) is 27.4. The van der Waals surface area contributed by atoms with Gasteiger partial charge < -0.3 is 5.73 Å². The number of rotatable bonds is 0. The Morgan fingerprint density at radius 1 is 1.55 bits per heavy atom. The van der Waals surface area contributed by atoms with E-state index in [4.69, 9.17) is 5.73 Å². The van der Waals surface area contributed by atoms with E-state index >= 15 is 0 Å². The van der Waals surface area contributed by atoms with E-state index in [2.05, 4.69) is 25.9 Å². The first-order valence-electron chi connectivity index (χ1n) is 3.21. The fourth-order valence-electron chi connectivity index (χ4n) is 1.06. The van der Waals surface area contributed by atoms with Gasteiger partial charge in [-0.1, -0.05) is 0 Å². The highest BCUT2D eigenvalue weighted by Gasteiger charge is 2.20. The highest BCUT2D eigenvalue weighted by Crippen LogP contribution is 2.26. The Hall–Kier alpha value is -0.900. The third kappa shape index (κ3) is 1.03. The molecule has 0 aromatic carbocycles. The maximum atomic E-state index is 5.55. The number of fused-ring (bicyclic) bond motifs is 1. The van der Waals surface area contributed by atoms with Crippen molar-refractivity contribution in [3.8, 4) is 0 Å². The molecule has 1 atom stereocenters. The van der Waals surface area contributed by atoms with Crippen LogP contribution in [0, 0.1) is 0 Å². The summed E-state index contributed by atoms with van der Waals surface area (Å²) >= 11 is 3.32. The maximum Gasteiger partial charge on any atom is 0.113 e. The van der Waals surface area contributed by atoms with Gasteiger partial charge in [0.25, 0.3) is 0 Å². The molecule has 0 unspecified atom stereocenters. The van der Waals surface area contributed by atoms with Crippen molar-refractivity contribution in [1.29, 1.82) is 0 Å². The second kappa shape index (κ2) is 2.30. The van der Waals surface area contributed by atoms with Gasteiger partial charge in [-0.25, -0.2) is 0 Å². The summed E-state index contributed by atoms with van der Waals surface area (Å²) in [5, 5.41) is 0. The summed E-state index contributed by atoms with van der Waals surface area (Å²) in [5.41, 5.74) is 7.28. The lowest BCUT2D eigenvalue weighted by molar-refractivity contribution is 1.05. The predicted molar refractivity (Wildman–Crippen MR) is 49.0 cm³/mol.